The maximum absolute atomic E-state index is 13.2. The van der Waals surface area contributed by atoms with E-state index in [-0.39, 0.29) is 18.6 Å². The number of hydrogen-bond acceptors (Lipinski definition) is 5. The van der Waals surface area contributed by atoms with Gasteiger partial charge in [-0.15, -0.1) is 0 Å². The van der Waals surface area contributed by atoms with E-state index in [0.29, 0.717) is 23.4 Å². The van der Waals surface area contributed by atoms with Gasteiger partial charge in [-0.2, -0.15) is 0 Å². The fraction of sp³-hybridized carbons (Fsp3) is 0.292. The number of rotatable bonds is 3. The number of fused-ring (bicyclic) bond motifs is 5. The van der Waals surface area contributed by atoms with Gasteiger partial charge < -0.3 is 14.4 Å². The lowest BCUT2D eigenvalue weighted by molar-refractivity contribution is -0.172. The number of nitrogens with zero attached hydrogens (tertiary/aromatic N) is 2. The van der Waals surface area contributed by atoms with Crippen LogP contribution in [-0.4, -0.2) is 20.6 Å². The first-order chi connectivity index (χ1) is 14.4. The van der Waals surface area contributed by atoms with E-state index in [1.165, 1.54) is 0 Å². The number of esters is 1. The standard InChI is InChI=1S/C24H22N2O4/c1-4-13-7-8-14(5-2)20-16(13)9-15-11-26-19(21(15)25-20)10-18-17(22(26)27)12-30-23(28)24(18,29)6-3/h4,7-10,29H,1,5-6,11-12H2,2-3H3/t24-/m0/s1. The molecule has 152 valence electrons. The number of ether oxygens (including phenoxy) is 1. The molecule has 2 aliphatic rings. The lowest BCUT2D eigenvalue weighted by atomic mass is 9.86. The Bertz CT molecular complexity index is 1320. The summed E-state index contributed by atoms with van der Waals surface area (Å²) in [6, 6.07) is 7.92. The van der Waals surface area contributed by atoms with Crippen molar-refractivity contribution >= 4 is 22.9 Å². The summed E-state index contributed by atoms with van der Waals surface area (Å²) in [4.78, 5) is 30.5. The van der Waals surface area contributed by atoms with E-state index in [2.05, 4.69) is 25.6 Å². The highest BCUT2D eigenvalue weighted by Gasteiger charge is 2.45. The van der Waals surface area contributed by atoms with E-state index in [0.717, 1.165) is 39.7 Å². The molecule has 1 N–H and O–H groups in total. The van der Waals surface area contributed by atoms with Gasteiger partial charge in [-0.25, -0.2) is 9.78 Å². The molecule has 0 bridgehead atoms. The first kappa shape index (κ1) is 18.8. The molecule has 30 heavy (non-hydrogen) atoms. The molecule has 2 aliphatic heterocycles. The van der Waals surface area contributed by atoms with Crippen LogP contribution in [0.2, 0.25) is 0 Å². The Morgan fingerprint density at radius 3 is 2.80 bits per heavy atom. The highest BCUT2D eigenvalue weighted by molar-refractivity contribution is 5.93. The van der Waals surface area contributed by atoms with Crippen molar-refractivity contribution in [1.29, 1.82) is 0 Å². The Morgan fingerprint density at radius 2 is 2.10 bits per heavy atom. The Labute approximate surface area is 173 Å². The Kier molecular flexibility index (Phi) is 3.98. The van der Waals surface area contributed by atoms with Gasteiger partial charge in [0.05, 0.1) is 29.0 Å². The quantitative estimate of drug-likeness (QED) is 0.532. The van der Waals surface area contributed by atoms with Crippen LogP contribution in [0.4, 0.5) is 0 Å². The normalized spacial score (nSPS) is 19.2. The van der Waals surface area contributed by atoms with Gasteiger partial charge in [0.15, 0.2) is 5.60 Å². The maximum Gasteiger partial charge on any atom is 0.343 e. The fourth-order valence-electron chi connectivity index (χ4n) is 4.61. The third-order valence-electron chi connectivity index (χ3n) is 6.40. The molecule has 0 saturated heterocycles. The van der Waals surface area contributed by atoms with Crippen molar-refractivity contribution in [3.8, 4) is 11.4 Å². The van der Waals surface area contributed by atoms with Gasteiger partial charge >= 0.3 is 5.97 Å². The van der Waals surface area contributed by atoms with Crippen LogP contribution in [-0.2, 0) is 34.7 Å². The molecule has 1 atom stereocenters. The van der Waals surface area contributed by atoms with Crippen LogP contribution >= 0.6 is 0 Å². The zero-order chi connectivity index (χ0) is 21.2. The zero-order valence-electron chi connectivity index (χ0n) is 17.0. The second-order valence-corrected chi connectivity index (χ2v) is 7.87. The molecule has 3 aromatic rings. The van der Waals surface area contributed by atoms with E-state index < -0.39 is 11.6 Å². The molecule has 0 fully saturated rings. The molecule has 6 nitrogen and oxygen atoms in total. The summed E-state index contributed by atoms with van der Waals surface area (Å²) in [5, 5.41) is 12.0. The topological polar surface area (TPSA) is 81.4 Å². The number of aromatic nitrogens is 2. The molecule has 5 rings (SSSR count). The minimum Gasteiger partial charge on any atom is -0.458 e. The predicted molar refractivity (Wildman–Crippen MR) is 114 cm³/mol. The van der Waals surface area contributed by atoms with Crippen molar-refractivity contribution in [3.05, 3.63) is 69.0 Å². The SMILES string of the molecule is C=Cc1ccc(CC)c2nc3c(cc12)Cn1c-3cc2c(c1=O)COC(=O)[C@]2(O)CC. The van der Waals surface area contributed by atoms with Gasteiger partial charge in [-0.05, 0) is 36.1 Å². The molecule has 0 saturated carbocycles. The van der Waals surface area contributed by atoms with E-state index in [4.69, 9.17) is 9.72 Å². The summed E-state index contributed by atoms with van der Waals surface area (Å²) >= 11 is 0. The van der Waals surface area contributed by atoms with Gasteiger partial charge in [-0.3, -0.25) is 4.79 Å². The van der Waals surface area contributed by atoms with Crippen LogP contribution in [0.25, 0.3) is 28.4 Å². The second-order valence-electron chi connectivity index (χ2n) is 7.87. The molecule has 6 heteroatoms. The van der Waals surface area contributed by atoms with Crippen molar-refractivity contribution in [2.24, 2.45) is 0 Å². The third kappa shape index (κ3) is 2.31. The first-order valence-electron chi connectivity index (χ1n) is 10.2. The maximum atomic E-state index is 13.2. The number of hydrogen-bond donors (Lipinski definition) is 1. The summed E-state index contributed by atoms with van der Waals surface area (Å²) in [6.45, 7) is 7.96. The van der Waals surface area contributed by atoms with Gasteiger partial charge in [0, 0.05) is 16.5 Å². The summed E-state index contributed by atoms with van der Waals surface area (Å²) in [5.41, 5.74) is 3.90. The average molecular weight is 402 g/mol. The number of aryl methyl sites for hydroxylation is 1. The van der Waals surface area contributed by atoms with Crippen LogP contribution in [0.5, 0.6) is 0 Å². The van der Waals surface area contributed by atoms with Crippen molar-refractivity contribution in [2.45, 2.75) is 45.4 Å². The number of carbonyl (C=O) groups excluding carboxylic acids is 1. The van der Waals surface area contributed by atoms with E-state index in [9.17, 15) is 14.7 Å². The van der Waals surface area contributed by atoms with Crippen molar-refractivity contribution in [1.82, 2.24) is 9.55 Å². The lowest BCUT2D eigenvalue weighted by Gasteiger charge is -2.31. The number of benzene rings is 1. The summed E-state index contributed by atoms with van der Waals surface area (Å²) in [6.07, 6.45) is 2.77. The minimum atomic E-state index is -1.81. The number of aliphatic hydroxyl groups is 1. The van der Waals surface area contributed by atoms with Gasteiger partial charge in [0.25, 0.3) is 5.56 Å². The Morgan fingerprint density at radius 1 is 1.30 bits per heavy atom. The van der Waals surface area contributed by atoms with E-state index in [1.807, 2.05) is 12.1 Å². The van der Waals surface area contributed by atoms with Crippen LogP contribution in [0.1, 0.15) is 48.1 Å². The van der Waals surface area contributed by atoms with Gasteiger partial charge in [0.1, 0.15) is 6.61 Å². The van der Waals surface area contributed by atoms with E-state index >= 15 is 0 Å². The molecule has 1 aromatic carbocycles. The molecule has 0 unspecified atom stereocenters. The largest absolute Gasteiger partial charge is 0.458 e. The number of pyridine rings is 2. The molecular formula is C24H22N2O4. The average Bonchev–Trinajstić information content (AvgIpc) is 3.12. The van der Waals surface area contributed by atoms with Crippen molar-refractivity contribution in [3.63, 3.8) is 0 Å². The van der Waals surface area contributed by atoms with Crippen LogP contribution in [0, 0.1) is 0 Å². The lowest BCUT2D eigenvalue weighted by Crippen LogP contribution is -2.44. The smallest absolute Gasteiger partial charge is 0.343 e. The number of carbonyl (C=O) groups is 1. The van der Waals surface area contributed by atoms with Crippen molar-refractivity contribution < 1.29 is 14.6 Å². The highest BCUT2D eigenvalue weighted by atomic mass is 16.6. The van der Waals surface area contributed by atoms with Gasteiger partial charge in [0.2, 0.25) is 0 Å². The van der Waals surface area contributed by atoms with Gasteiger partial charge in [-0.1, -0.05) is 38.6 Å². The molecular weight excluding hydrogens is 380 g/mol. The molecule has 0 amide bonds. The first-order valence-corrected chi connectivity index (χ1v) is 10.2. The van der Waals surface area contributed by atoms with Crippen LogP contribution in [0.15, 0.2) is 35.6 Å². The fourth-order valence-corrected chi connectivity index (χ4v) is 4.61. The monoisotopic (exact) mass is 402 g/mol. The summed E-state index contributed by atoms with van der Waals surface area (Å²) in [5.74, 6) is -0.713. The highest BCUT2D eigenvalue weighted by Crippen LogP contribution is 2.39. The van der Waals surface area contributed by atoms with E-state index in [1.54, 1.807) is 17.6 Å². The zero-order valence-corrected chi connectivity index (χ0v) is 17.0. The molecule has 0 radical (unpaired) electrons. The summed E-state index contributed by atoms with van der Waals surface area (Å²) in [7, 11) is 0. The molecule has 0 aliphatic carbocycles. The number of cyclic esters (lactones) is 1. The minimum absolute atomic E-state index is 0.123. The molecule has 0 spiro atoms. The Hall–Kier alpha value is -3.25. The molecule has 4 heterocycles. The predicted octanol–water partition coefficient (Wildman–Crippen LogP) is 3.29. The van der Waals surface area contributed by atoms with Crippen molar-refractivity contribution in [2.75, 3.05) is 0 Å². The Balaban J connectivity index is 1.82. The van der Waals surface area contributed by atoms with Crippen LogP contribution in [0.3, 0.4) is 0 Å². The summed E-state index contributed by atoms with van der Waals surface area (Å²) < 4.78 is 6.78. The van der Waals surface area contributed by atoms with Crippen LogP contribution < -0.4 is 5.56 Å². The molecule has 2 aromatic heterocycles. The third-order valence-corrected chi connectivity index (χ3v) is 6.40. The second kappa shape index (κ2) is 6.37.